The highest BCUT2D eigenvalue weighted by Crippen LogP contribution is 2.24. The number of anilines is 1. The molecule has 1 heterocycles. The fraction of sp³-hybridized carbons (Fsp3) is 0.250. The number of nitro groups is 1. The summed E-state index contributed by atoms with van der Waals surface area (Å²) >= 11 is 0. The maximum atomic E-state index is 11.1. The predicted octanol–water partition coefficient (Wildman–Crippen LogP) is 1.05. The summed E-state index contributed by atoms with van der Waals surface area (Å²) in [7, 11) is 1.38. The van der Waals surface area contributed by atoms with E-state index in [-0.39, 0.29) is 18.1 Å². The Hall–Kier alpha value is -2.81. The topological polar surface area (TPSA) is 127 Å². The number of non-ortho nitro benzene ring substituents is 1. The molecule has 1 aromatic heterocycles. The van der Waals surface area contributed by atoms with Crippen LogP contribution < -0.4 is 5.32 Å². The molecule has 0 bridgehead atoms. The summed E-state index contributed by atoms with van der Waals surface area (Å²) in [6.45, 7) is -0.0737. The third-order valence-electron chi connectivity index (χ3n) is 2.77. The molecule has 1 aromatic carbocycles. The molecule has 0 aliphatic heterocycles. The molecule has 9 heteroatoms. The lowest BCUT2D eigenvalue weighted by molar-refractivity contribution is -0.384. The summed E-state index contributed by atoms with van der Waals surface area (Å²) in [5, 5.41) is 23.0. The molecule has 0 saturated heterocycles. The Balaban J connectivity index is 2.45. The van der Waals surface area contributed by atoms with E-state index in [9.17, 15) is 14.9 Å². The van der Waals surface area contributed by atoms with Crippen LogP contribution in [0.2, 0.25) is 0 Å². The lowest BCUT2D eigenvalue weighted by Crippen LogP contribution is -2.34. The number of nitrogens with zero attached hydrogens (tertiary/aromatic N) is 3. The second-order valence-corrected chi connectivity index (χ2v) is 4.17. The van der Waals surface area contributed by atoms with Gasteiger partial charge < -0.3 is 15.2 Å². The van der Waals surface area contributed by atoms with Gasteiger partial charge in [-0.15, -0.1) is 0 Å². The van der Waals surface area contributed by atoms with E-state index >= 15 is 0 Å². The molecule has 1 unspecified atom stereocenters. The molecule has 9 nitrogen and oxygen atoms in total. The van der Waals surface area contributed by atoms with Gasteiger partial charge in [0.2, 0.25) is 0 Å². The largest absolute Gasteiger partial charge is 0.480 e. The molecule has 0 spiro atoms. The van der Waals surface area contributed by atoms with Gasteiger partial charge in [0.05, 0.1) is 17.0 Å². The number of rotatable bonds is 6. The van der Waals surface area contributed by atoms with Crippen LogP contribution >= 0.6 is 0 Å². The number of aliphatic carboxylic acids is 1. The second kappa shape index (κ2) is 6.09. The van der Waals surface area contributed by atoms with Crippen molar-refractivity contribution in [2.75, 3.05) is 19.0 Å². The number of carboxylic acid groups (broad SMARTS) is 1. The van der Waals surface area contributed by atoms with Gasteiger partial charge in [-0.2, -0.15) is 0 Å². The Morgan fingerprint density at radius 2 is 2.29 bits per heavy atom. The number of aromatic nitrogens is 2. The van der Waals surface area contributed by atoms with Gasteiger partial charge in [0, 0.05) is 24.6 Å². The number of carbonyl (C=O) groups is 1. The van der Waals surface area contributed by atoms with Crippen molar-refractivity contribution in [2.45, 2.75) is 6.04 Å². The van der Waals surface area contributed by atoms with E-state index in [1.54, 1.807) is 0 Å². The van der Waals surface area contributed by atoms with Gasteiger partial charge in [0.15, 0.2) is 0 Å². The molecule has 110 valence electrons. The lowest BCUT2D eigenvalue weighted by Gasteiger charge is -2.15. The molecule has 0 radical (unpaired) electrons. The van der Waals surface area contributed by atoms with Crippen molar-refractivity contribution in [1.82, 2.24) is 9.97 Å². The monoisotopic (exact) mass is 292 g/mol. The van der Waals surface area contributed by atoms with Crippen molar-refractivity contribution in [3.8, 4) is 0 Å². The predicted molar refractivity (Wildman–Crippen MR) is 73.1 cm³/mol. The fourth-order valence-corrected chi connectivity index (χ4v) is 1.78. The van der Waals surface area contributed by atoms with E-state index in [1.165, 1.54) is 31.6 Å². The smallest absolute Gasteiger partial charge is 0.328 e. The maximum Gasteiger partial charge on any atom is 0.328 e. The summed E-state index contributed by atoms with van der Waals surface area (Å²) in [5.41, 5.74) is 0.346. The van der Waals surface area contributed by atoms with Crippen LogP contribution in [0.3, 0.4) is 0 Å². The number of benzene rings is 1. The Kier molecular flexibility index (Phi) is 4.24. The molecule has 0 amide bonds. The van der Waals surface area contributed by atoms with Crippen LogP contribution in [0.4, 0.5) is 11.5 Å². The summed E-state index contributed by atoms with van der Waals surface area (Å²) in [4.78, 5) is 29.3. The van der Waals surface area contributed by atoms with Gasteiger partial charge in [0.1, 0.15) is 18.2 Å². The van der Waals surface area contributed by atoms with E-state index in [4.69, 9.17) is 9.84 Å². The molecule has 0 aliphatic rings. The first kappa shape index (κ1) is 14.6. The fourth-order valence-electron chi connectivity index (χ4n) is 1.78. The van der Waals surface area contributed by atoms with Crippen molar-refractivity contribution in [3.05, 3.63) is 34.6 Å². The van der Waals surface area contributed by atoms with E-state index in [0.717, 1.165) is 0 Å². The average molecular weight is 292 g/mol. The molecule has 21 heavy (non-hydrogen) atoms. The Morgan fingerprint density at radius 3 is 2.90 bits per heavy atom. The average Bonchev–Trinajstić information content (AvgIpc) is 2.46. The molecule has 0 saturated carbocycles. The van der Waals surface area contributed by atoms with Crippen LogP contribution in [-0.2, 0) is 9.53 Å². The van der Waals surface area contributed by atoms with Gasteiger partial charge >= 0.3 is 5.97 Å². The van der Waals surface area contributed by atoms with Crippen molar-refractivity contribution in [3.63, 3.8) is 0 Å². The normalized spacial score (nSPS) is 12.0. The Bertz CT molecular complexity index is 690. The third kappa shape index (κ3) is 3.20. The van der Waals surface area contributed by atoms with Crippen molar-refractivity contribution in [2.24, 2.45) is 0 Å². The van der Waals surface area contributed by atoms with Gasteiger partial charge in [0.25, 0.3) is 5.69 Å². The zero-order valence-electron chi connectivity index (χ0n) is 11.0. The molecule has 2 rings (SSSR count). The number of carboxylic acids is 1. The first-order valence-corrected chi connectivity index (χ1v) is 5.90. The zero-order chi connectivity index (χ0) is 15.4. The highest BCUT2D eigenvalue weighted by Gasteiger charge is 2.19. The number of fused-ring (bicyclic) bond motifs is 1. The van der Waals surface area contributed by atoms with Crippen molar-refractivity contribution >= 4 is 28.4 Å². The summed E-state index contributed by atoms with van der Waals surface area (Å²) in [6, 6.07) is 3.08. The molecule has 2 aromatic rings. The number of hydrogen-bond donors (Lipinski definition) is 2. The zero-order valence-corrected chi connectivity index (χ0v) is 11.0. The van der Waals surface area contributed by atoms with Gasteiger partial charge in [-0.1, -0.05) is 0 Å². The number of methoxy groups -OCH3 is 1. The minimum absolute atomic E-state index is 0.0737. The lowest BCUT2D eigenvalue weighted by atomic mass is 10.2. The molecular weight excluding hydrogens is 280 g/mol. The Labute approximate surface area is 118 Å². The third-order valence-corrected chi connectivity index (χ3v) is 2.77. The first-order valence-electron chi connectivity index (χ1n) is 5.90. The van der Waals surface area contributed by atoms with Gasteiger partial charge in [-0.25, -0.2) is 14.8 Å². The minimum Gasteiger partial charge on any atom is -0.480 e. The van der Waals surface area contributed by atoms with Crippen LogP contribution in [0, 0.1) is 10.1 Å². The summed E-state index contributed by atoms with van der Waals surface area (Å²) in [5.74, 6) is -0.915. The second-order valence-electron chi connectivity index (χ2n) is 4.17. The standard InChI is InChI=1S/C12H12N4O5/c1-21-5-10(12(17)18)15-11-8-4-7(16(19)20)2-3-9(8)13-6-14-11/h2-4,6,10H,5H2,1H3,(H,17,18)(H,13,14,15). The first-order chi connectivity index (χ1) is 10.0. The van der Waals surface area contributed by atoms with Crippen LogP contribution in [0.15, 0.2) is 24.5 Å². The minimum atomic E-state index is -1.12. The van der Waals surface area contributed by atoms with E-state index < -0.39 is 16.9 Å². The number of ether oxygens (including phenoxy) is 1. The van der Waals surface area contributed by atoms with Crippen molar-refractivity contribution < 1.29 is 19.6 Å². The molecule has 0 fully saturated rings. The number of nitrogens with one attached hydrogen (secondary N) is 1. The van der Waals surface area contributed by atoms with Gasteiger partial charge in [-0.05, 0) is 6.07 Å². The number of nitro benzene ring substituents is 1. The van der Waals surface area contributed by atoms with Crippen LogP contribution in [-0.4, -0.2) is 45.7 Å². The van der Waals surface area contributed by atoms with Crippen LogP contribution in [0.5, 0.6) is 0 Å². The van der Waals surface area contributed by atoms with Crippen LogP contribution in [0.25, 0.3) is 10.9 Å². The molecule has 2 N–H and O–H groups in total. The highest BCUT2D eigenvalue weighted by molar-refractivity contribution is 5.92. The van der Waals surface area contributed by atoms with Crippen LogP contribution in [0.1, 0.15) is 0 Å². The molecule has 0 aliphatic carbocycles. The maximum absolute atomic E-state index is 11.1. The van der Waals surface area contributed by atoms with Gasteiger partial charge in [-0.3, -0.25) is 10.1 Å². The van der Waals surface area contributed by atoms with E-state index in [2.05, 4.69) is 15.3 Å². The Morgan fingerprint density at radius 1 is 1.52 bits per heavy atom. The SMILES string of the molecule is COCC(Nc1ncnc2ccc([N+](=O)[O-])cc12)C(=O)O. The highest BCUT2D eigenvalue weighted by atomic mass is 16.6. The summed E-state index contributed by atoms with van der Waals surface area (Å²) in [6.07, 6.45) is 1.25. The molecular formula is C12H12N4O5. The van der Waals surface area contributed by atoms with E-state index in [1.807, 2.05) is 0 Å². The number of hydrogen-bond acceptors (Lipinski definition) is 7. The van der Waals surface area contributed by atoms with Crippen molar-refractivity contribution in [1.29, 1.82) is 0 Å². The quantitative estimate of drug-likeness (QED) is 0.597. The van der Waals surface area contributed by atoms with E-state index in [0.29, 0.717) is 10.9 Å². The summed E-state index contributed by atoms with van der Waals surface area (Å²) < 4.78 is 4.82. The molecule has 1 atom stereocenters.